The molecule has 1 aliphatic rings. The van der Waals surface area contributed by atoms with Gasteiger partial charge >= 0.3 is 5.97 Å². The van der Waals surface area contributed by atoms with Crippen LogP contribution in [-0.2, 0) is 11.2 Å². The minimum absolute atomic E-state index is 0.0736. The summed E-state index contributed by atoms with van der Waals surface area (Å²) in [5, 5.41) is 9.58. The molecule has 0 saturated carbocycles. The fourth-order valence-corrected chi connectivity index (χ4v) is 4.52. The average Bonchev–Trinajstić information content (AvgIpc) is 2.86. The quantitative estimate of drug-likeness (QED) is 0.353. The van der Waals surface area contributed by atoms with Gasteiger partial charge in [-0.05, 0) is 43.4 Å². The van der Waals surface area contributed by atoms with E-state index in [0.717, 1.165) is 37.4 Å². The van der Waals surface area contributed by atoms with E-state index in [-0.39, 0.29) is 24.3 Å². The van der Waals surface area contributed by atoms with Crippen LogP contribution >= 0.6 is 0 Å². The molecule has 0 amide bonds. The van der Waals surface area contributed by atoms with Gasteiger partial charge in [0.25, 0.3) is 0 Å². The Morgan fingerprint density at radius 2 is 1.78 bits per heavy atom. The van der Waals surface area contributed by atoms with E-state index < -0.39 is 11.8 Å². The first-order valence-corrected chi connectivity index (χ1v) is 12.7. The molecule has 3 heterocycles. The van der Waals surface area contributed by atoms with E-state index in [9.17, 15) is 9.90 Å². The molecule has 0 unspecified atom stereocenters. The SMILES string of the molecule is Cc1ncc(-c2cnc(OCCCOc3ccccc3)c(F)c2)c(N2CCC(C)(C)CC2)c1CC(=O)O. The number of halogens is 1. The molecular weight excluding hydrogens is 473 g/mol. The number of hydrogen-bond acceptors (Lipinski definition) is 6. The predicted molar refractivity (Wildman–Crippen MR) is 141 cm³/mol. The molecule has 4 rings (SSSR count). The van der Waals surface area contributed by atoms with Gasteiger partial charge in [-0.25, -0.2) is 9.37 Å². The van der Waals surface area contributed by atoms with Gasteiger partial charge in [-0.2, -0.15) is 0 Å². The highest BCUT2D eigenvalue weighted by molar-refractivity contribution is 5.84. The van der Waals surface area contributed by atoms with Crippen LogP contribution in [0, 0.1) is 18.2 Å². The molecule has 1 saturated heterocycles. The van der Waals surface area contributed by atoms with Gasteiger partial charge in [0.2, 0.25) is 5.88 Å². The molecule has 0 atom stereocenters. The van der Waals surface area contributed by atoms with Crippen molar-refractivity contribution in [3.05, 3.63) is 65.9 Å². The molecule has 0 aliphatic carbocycles. The van der Waals surface area contributed by atoms with E-state index >= 15 is 4.39 Å². The van der Waals surface area contributed by atoms with E-state index in [4.69, 9.17) is 9.47 Å². The Morgan fingerprint density at radius 3 is 2.46 bits per heavy atom. The normalized spacial score (nSPS) is 14.9. The zero-order valence-electron chi connectivity index (χ0n) is 21.7. The molecule has 1 N–H and O–H groups in total. The van der Waals surface area contributed by atoms with Crippen molar-refractivity contribution in [1.82, 2.24) is 9.97 Å². The van der Waals surface area contributed by atoms with Crippen LogP contribution in [0.4, 0.5) is 10.1 Å². The summed E-state index contributed by atoms with van der Waals surface area (Å²) in [5.41, 5.74) is 3.57. The summed E-state index contributed by atoms with van der Waals surface area (Å²) in [6.45, 7) is 8.59. The number of piperidine rings is 1. The number of pyridine rings is 2. The third-order valence-corrected chi connectivity index (χ3v) is 6.78. The Hall–Kier alpha value is -3.68. The molecule has 7 nitrogen and oxygen atoms in total. The molecule has 8 heteroatoms. The van der Waals surface area contributed by atoms with Crippen LogP contribution in [-0.4, -0.2) is 47.3 Å². The first kappa shape index (κ1) is 26.4. The molecule has 196 valence electrons. The van der Waals surface area contributed by atoms with Crippen molar-refractivity contribution in [3.8, 4) is 22.8 Å². The van der Waals surface area contributed by atoms with E-state index in [0.29, 0.717) is 35.4 Å². The van der Waals surface area contributed by atoms with Gasteiger partial charge in [-0.15, -0.1) is 0 Å². The molecule has 37 heavy (non-hydrogen) atoms. The van der Waals surface area contributed by atoms with Crippen LogP contribution in [0.15, 0.2) is 48.8 Å². The lowest BCUT2D eigenvalue weighted by Crippen LogP contribution is -2.38. The Balaban J connectivity index is 1.52. The maximum absolute atomic E-state index is 15.0. The minimum atomic E-state index is -0.926. The predicted octanol–water partition coefficient (Wildman–Crippen LogP) is 5.69. The van der Waals surface area contributed by atoms with Crippen LogP contribution in [0.5, 0.6) is 11.6 Å². The summed E-state index contributed by atoms with van der Waals surface area (Å²) in [6, 6.07) is 10.9. The van der Waals surface area contributed by atoms with Gasteiger partial charge in [0, 0.05) is 54.3 Å². The number of aliphatic carboxylic acids is 1. The number of carboxylic acids is 1. The first-order chi connectivity index (χ1) is 17.7. The summed E-state index contributed by atoms with van der Waals surface area (Å²) in [6.07, 6.45) is 5.64. The molecule has 1 aliphatic heterocycles. The summed E-state index contributed by atoms with van der Waals surface area (Å²) < 4.78 is 26.2. The topological polar surface area (TPSA) is 84.8 Å². The molecule has 1 aromatic carbocycles. The van der Waals surface area contributed by atoms with E-state index in [2.05, 4.69) is 28.7 Å². The van der Waals surface area contributed by atoms with Crippen molar-refractivity contribution in [1.29, 1.82) is 0 Å². The fourth-order valence-electron chi connectivity index (χ4n) is 4.52. The second kappa shape index (κ2) is 11.6. The van der Waals surface area contributed by atoms with Crippen LogP contribution in [0.3, 0.4) is 0 Å². The zero-order valence-corrected chi connectivity index (χ0v) is 21.7. The Morgan fingerprint density at radius 1 is 1.08 bits per heavy atom. The standard InChI is InChI=1S/C29H34FN3O4/c1-20-23(17-26(34)35)27(33-12-10-29(2,3)11-13-33)24(19-31-20)21-16-25(30)28(32-18-21)37-15-7-14-36-22-8-5-4-6-9-22/h4-6,8-9,16,18-19H,7,10-15,17H2,1-3H3,(H,34,35). The number of carboxylic acid groups (broad SMARTS) is 1. The van der Waals surface area contributed by atoms with Gasteiger partial charge in [0.05, 0.1) is 25.3 Å². The number of carbonyl (C=O) groups is 1. The number of hydrogen-bond donors (Lipinski definition) is 1. The lowest BCUT2D eigenvalue weighted by atomic mass is 9.82. The van der Waals surface area contributed by atoms with E-state index in [1.165, 1.54) is 6.07 Å². The highest BCUT2D eigenvalue weighted by Gasteiger charge is 2.29. The smallest absolute Gasteiger partial charge is 0.307 e. The Labute approximate surface area is 217 Å². The van der Waals surface area contributed by atoms with Crippen molar-refractivity contribution < 1.29 is 23.8 Å². The molecule has 1 fully saturated rings. The fraction of sp³-hybridized carbons (Fsp3) is 0.414. The average molecular weight is 508 g/mol. The summed E-state index contributed by atoms with van der Waals surface area (Å²) >= 11 is 0. The van der Waals surface area contributed by atoms with Crippen molar-refractivity contribution in [2.24, 2.45) is 5.41 Å². The molecule has 3 aromatic rings. The number of rotatable bonds is 10. The summed E-state index contributed by atoms with van der Waals surface area (Å²) in [4.78, 5) is 22.6. The third kappa shape index (κ3) is 6.76. The Bertz CT molecular complexity index is 1220. The van der Waals surface area contributed by atoms with Gasteiger partial charge in [0.15, 0.2) is 5.82 Å². The van der Waals surface area contributed by atoms with Gasteiger partial charge in [-0.1, -0.05) is 32.0 Å². The lowest BCUT2D eigenvalue weighted by molar-refractivity contribution is -0.136. The summed E-state index contributed by atoms with van der Waals surface area (Å²) in [7, 11) is 0. The lowest BCUT2D eigenvalue weighted by Gasteiger charge is -2.40. The van der Waals surface area contributed by atoms with Crippen LogP contribution in [0.1, 0.15) is 44.4 Å². The van der Waals surface area contributed by atoms with Crippen LogP contribution in [0.25, 0.3) is 11.1 Å². The van der Waals surface area contributed by atoms with Gasteiger partial charge in [-0.3, -0.25) is 9.78 Å². The highest BCUT2D eigenvalue weighted by Crippen LogP contribution is 2.40. The number of nitrogens with zero attached hydrogens (tertiary/aromatic N) is 3. The number of aryl methyl sites for hydroxylation is 1. The largest absolute Gasteiger partial charge is 0.493 e. The van der Waals surface area contributed by atoms with Crippen molar-refractivity contribution in [3.63, 3.8) is 0 Å². The second-order valence-electron chi connectivity index (χ2n) is 10.2. The maximum atomic E-state index is 15.0. The van der Waals surface area contributed by atoms with Crippen LogP contribution in [0.2, 0.25) is 0 Å². The van der Waals surface area contributed by atoms with E-state index in [1.807, 2.05) is 37.3 Å². The second-order valence-corrected chi connectivity index (χ2v) is 10.2. The monoisotopic (exact) mass is 507 g/mol. The molecule has 2 aromatic heterocycles. The summed E-state index contributed by atoms with van der Waals surface area (Å²) in [5.74, 6) is -0.800. The number of ether oxygens (including phenoxy) is 2. The number of aromatic nitrogens is 2. The van der Waals surface area contributed by atoms with E-state index in [1.54, 1.807) is 12.4 Å². The third-order valence-electron chi connectivity index (χ3n) is 6.78. The first-order valence-electron chi connectivity index (χ1n) is 12.7. The molecular formula is C29H34FN3O4. The van der Waals surface area contributed by atoms with Crippen molar-refractivity contribution in [2.45, 2.75) is 46.5 Å². The molecule has 0 radical (unpaired) electrons. The minimum Gasteiger partial charge on any atom is -0.493 e. The maximum Gasteiger partial charge on any atom is 0.307 e. The molecule has 0 spiro atoms. The Kier molecular flexibility index (Phi) is 8.26. The molecule has 0 bridgehead atoms. The van der Waals surface area contributed by atoms with Crippen LogP contribution < -0.4 is 14.4 Å². The van der Waals surface area contributed by atoms with Gasteiger partial charge in [0.1, 0.15) is 5.75 Å². The van der Waals surface area contributed by atoms with Gasteiger partial charge < -0.3 is 19.5 Å². The zero-order chi connectivity index (χ0) is 26.4. The highest BCUT2D eigenvalue weighted by atomic mass is 19.1. The number of benzene rings is 1. The van der Waals surface area contributed by atoms with Crippen molar-refractivity contribution in [2.75, 3.05) is 31.2 Å². The number of para-hydroxylation sites is 1. The number of anilines is 1. The van der Waals surface area contributed by atoms with Crippen molar-refractivity contribution >= 4 is 11.7 Å².